The van der Waals surface area contributed by atoms with Gasteiger partial charge in [0.15, 0.2) is 0 Å². The lowest BCUT2D eigenvalue weighted by Crippen LogP contribution is -2.05. The summed E-state index contributed by atoms with van der Waals surface area (Å²) < 4.78 is 7.58. The molecule has 1 aromatic carbocycles. The van der Waals surface area contributed by atoms with Crippen molar-refractivity contribution in [3.63, 3.8) is 0 Å². The first-order chi connectivity index (χ1) is 9.22. The Morgan fingerprint density at radius 1 is 1.32 bits per heavy atom. The minimum Gasteiger partial charge on any atom is -0.487 e. The Morgan fingerprint density at radius 3 is 2.68 bits per heavy atom. The van der Waals surface area contributed by atoms with Crippen molar-refractivity contribution in [3.8, 4) is 5.75 Å². The van der Waals surface area contributed by atoms with E-state index in [1.807, 2.05) is 16.9 Å². The number of aromatic nitrogens is 2. The normalized spacial score (nSPS) is 12.1. The third-order valence-electron chi connectivity index (χ3n) is 3.11. The van der Waals surface area contributed by atoms with Gasteiger partial charge < -0.3 is 4.74 Å². The van der Waals surface area contributed by atoms with Crippen molar-refractivity contribution in [2.24, 2.45) is 0 Å². The summed E-state index contributed by atoms with van der Waals surface area (Å²) in [6.07, 6.45) is 3.84. The van der Waals surface area contributed by atoms with Gasteiger partial charge in [-0.3, -0.25) is 9.48 Å². The first-order valence-electron chi connectivity index (χ1n) is 6.45. The molecule has 0 radical (unpaired) electrons. The topological polar surface area (TPSA) is 44.1 Å². The van der Waals surface area contributed by atoms with Crippen LogP contribution in [0.15, 0.2) is 36.5 Å². The van der Waals surface area contributed by atoms with E-state index in [9.17, 15) is 4.79 Å². The zero-order valence-corrected chi connectivity index (χ0v) is 11.2. The van der Waals surface area contributed by atoms with Gasteiger partial charge in [-0.05, 0) is 43.7 Å². The van der Waals surface area contributed by atoms with Gasteiger partial charge in [-0.1, -0.05) is 6.92 Å². The first-order valence-corrected chi connectivity index (χ1v) is 6.45. The average molecular weight is 258 g/mol. The van der Waals surface area contributed by atoms with E-state index in [2.05, 4.69) is 18.9 Å². The maximum atomic E-state index is 10.5. The molecule has 0 amide bonds. The van der Waals surface area contributed by atoms with Crippen LogP contribution in [-0.4, -0.2) is 16.1 Å². The van der Waals surface area contributed by atoms with Crippen LogP contribution in [0.2, 0.25) is 0 Å². The molecule has 1 atom stereocenters. The minimum atomic E-state index is 0.403. The van der Waals surface area contributed by atoms with Gasteiger partial charge in [0.1, 0.15) is 18.6 Å². The molecular formula is C15H18N2O2. The molecule has 0 saturated heterocycles. The molecule has 0 bridgehead atoms. The molecule has 0 aliphatic heterocycles. The molecule has 0 fully saturated rings. The molecular weight excluding hydrogens is 240 g/mol. The number of nitrogens with zero attached hydrogens (tertiary/aromatic N) is 2. The van der Waals surface area contributed by atoms with Crippen molar-refractivity contribution in [1.29, 1.82) is 0 Å². The lowest BCUT2D eigenvalue weighted by molar-refractivity contribution is 0.112. The van der Waals surface area contributed by atoms with E-state index in [4.69, 9.17) is 4.74 Å². The van der Waals surface area contributed by atoms with E-state index >= 15 is 0 Å². The Kier molecular flexibility index (Phi) is 4.34. The zero-order chi connectivity index (χ0) is 13.7. The highest BCUT2D eigenvalue weighted by Crippen LogP contribution is 2.14. The summed E-state index contributed by atoms with van der Waals surface area (Å²) in [6.45, 7) is 4.71. The molecule has 1 heterocycles. The van der Waals surface area contributed by atoms with E-state index in [-0.39, 0.29) is 0 Å². The van der Waals surface area contributed by atoms with Crippen LogP contribution in [0.4, 0.5) is 0 Å². The minimum absolute atomic E-state index is 0.403. The lowest BCUT2D eigenvalue weighted by Gasteiger charge is -2.08. The van der Waals surface area contributed by atoms with E-state index in [0.717, 1.165) is 24.2 Å². The van der Waals surface area contributed by atoms with Crippen molar-refractivity contribution in [2.45, 2.75) is 32.9 Å². The number of hydrogen-bond acceptors (Lipinski definition) is 3. The zero-order valence-electron chi connectivity index (χ0n) is 11.2. The van der Waals surface area contributed by atoms with Crippen LogP contribution in [0.3, 0.4) is 0 Å². The molecule has 0 N–H and O–H groups in total. The molecule has 19 heavy (non-hydrogen) atoms. The quantitative estimate of drug-likeness (QED) is 0.747. The van der Waals surface area contributed by atoms with Crippen LogP contribution >= 0.6 is 0 Å². The van der Waals surface area contributed by atoms with Gasteiger partial charge in [-0.15, -0.1) is 0 Å². The van der Waals surface area contributed by atoms with Crippen LogP contribution in [0.1, 0.15) is 42.4 Å². The molecule has 1 unspecified atom stereocenters. The van der Waals surface area contributed by atoms with Crippen molar-refractivity contribution in [3.05, 3.63) is 47.8 Å². The highest BCUT2D eigenvalue weighted by atomic mass is 16.5. The standard InChI is InChI=1S/C15H18N2O2/c1-3-12(2)17-9-8-14(16-17)11-19-15-6-4-13(10-18)5-7-15/h4-10,12H,3,11H2,1-2H3. The third-order valence-corrected chi connectivity index (χ3v) is 3.11. The van der Waals surface area contributed by atoms with Gasteiger partial charge in [0, 0.05) is 17.8 Å². The molecule has 0 aliphatic rings. The summed E-state index contributed by atoms with van der Waals surface area (Å²) in [4.78, 5) is 10.5. The van der Waals surface area contributed by atoms with E-state index in [0.29, 0.717) is 18.2 Å². The van der Waals surface area contributed by atoms with Gasteiger partial charge in [-0.25, -0.2) is 0 Å². The summed E-state index contributed by atoms with van der Waals surface area (Å²) >= 11 is 0. The predicted octanol–water partition coefficient (Wildman–Crippen LogP) is 3.25. The fraction of sp³-hybridized carbons (Fsp3) is 0.333. The average Bonchev–Trinajstić information content (AvgIpc) is 2.93. The Balaban J connectivity index is 1.94. The van der Waals surface area contributed by atoms with Crippen molar-refractivity contribution in [2.75, 3.05) is 0 Å². The summed E-state index contributed by atoms with van der Waals surface area (Å²) in [5.41, 5.74) is 1.55. The lowest BCUT2D eigenvalue weighted by atomic mass is 10.2. The second kappa shape index (κ2) is 6.18. The summed E-state index contributed by atoms with van der Waals surface area (Å²) in [5.74, 6) is 0.740. The monoisotopic (exact) mass is 258 g/mol. The molecule has 0 saturated carbocycles. The molecule has 0 spiro atoms. The van der Waals surface area contributed by atoms with E-state index < -0.39 is 0 Å². The van der Waals surface area contributed by atoms with Gasteiger partial charge in [0.05, 0.1) is 5.69 Å². The number of carbonyl (C=O) groups is 1. The predicted molar refractivity (Wildman–Crippen MR) is 73.4 cm³/mol. The Bertz CT molecular complexity index is 531. The summed E-state index contributed by atoms with van der Waals surface area (Å²) in [5, 5.41) is 4.47. The van der Waals surface area contributed by atoms with Gasteiger partial charge in [0.25, 0.3) is 0 Å². The van der Waals surface area contributed by atoms with Crippen LogP contribution < -0.4 is 4.74 Å². The molecule has 4 heteroatoms. The van der Waals surface area contributed by atoms with Crippen LogP contribution in [0, 0.1) is 0 Å². The second-order valence-corrected chi connectivity index (χ2v) is 4.52. The highest BCUT2D eigenvalue weighted by molar-refractivity contribution is 5.74. The SMILES string of the molecule is CCC(C)n1ccc(COc2ccc(C=O)cc2)n1. The van der Waals surface area contributed by atoms with Gasteiger partial charge in [-0.2, -0.15) is 5.10 Å². The van der Waals surface area contributed by atoms with Crippen LogP contribution in [0.5, 0.6) is 5.75 Å². The van der Waals surface area contributed by atoms with E-state index in [1.165, 1.54) is 0 Å². The Morgan fingerprint density at radius 2 is 2.05 bits per heavy atom. The molecule has 1 aromatic heterocycles. The molecule has 2 rings (SSSR count). The maximum Gasteiger partial charge on any atom is 0.150 e. The fourth-order valence-corrected chi connectivity index (χ4v) is 1.69. The second-order valence-electron chi connectivity index (χ2n) is 4.52. The number of carbonyl (C=O) groups excluding carboxylic acids is 1. The number of hydrogen-bond donors (Lipinski definition) is 0. The van der Waals surface area contributed by atoms with E-state index in [1.54, 1.807) is 24.3 Å². The van der Waals surface area contributed by atoms with Crippen LogP contribution in [0.25, 0.3) is 0 Å². The van der Waals surface area contributed by atoms with Crippen LogP contribution in [-0.2, 0) is 6.61 Å². The smallest absolute Gasteiger partial charge is 0.150 e. The maximum absolute atomic E-state index is 10.5. The fourth-order valence-electron chi connectivity index (χ4n) is 1.69. The summed E-state index contributed by atoms with van der Waals surface area (Å²) in [6, 6.07) is 9.41. The molecule has 100 valence electrons. The number of rotatable bonds is 6. The largest absolute Gasteiger partial charge is 0.487 e. The number of ether oxygens (including phenoxy) is 1. The molecule has 4 nitrogen and oxygen atoms in total. The Labute approximate surface area is 113 Å². The van der Waals surface area contributed by atoms with Crippen molar-refractivity contribution >= 4 is 6.29 Å². The molecule has 0 aliphatic carbocycles. The molecule has 2 aromatic rings. The highest BCUT2D eigenvalue weighted by Gasteiger charge is 2.05. The third kappa shape index (κ3) is 3.44. The number of aldehydes is 1. The van der Waals surface area contributed by atoms with Gasteiger partial charge in [0.2, 0.25) is 0 Å². The Hall–Kier alpha value is -2.10. The first kappa shape index (κ1) is 13.3. The van der Waals surface area contributed by atoms with Gasteiger partial charge >= 0.3 is 0 Å². The number of benzene rings is 1. The van der Waals surface area contributed by atoms with Crippen molar-refractivity contribution in [1.82, 2.24) is 9.78 Å². The summed E-state index contributed by atoms with van der Waals surface area (Å²) in [7, 11) is 0. The van der Waals surface area contributed by atoms with Crippen molar-refractivity contribution < 1.29 is 9.53 Å².